The molecular weight excluding hydrogens is 564 g/mol. The molecule has 1 aliphatic rings. The minimum absolute atomic E-state index is 0.0521. The van der Waals surface area contributed by atoms with Crippen molar-refractivity contribution in [1.29, 1.82) is 5.26 Å². The predicted molar refractivity (Wildman–Crippen MR) is 156 cm³/mol. The first-order valence-electron chi connectivity index (χ1n) is 14.3. The zero-order valence-corrected chi connectivity index (χ0v) is 26.4. The molecule has 0 aromatic heterocycles. The van der Waals surface area contributed by atoms with E-state index in [0.717, 1.165) is 38.5 Å². The Labute approximate surface area is 254 Å². The number of carbonyl (C=O) groups is 5. The smallest absolute Gasteiger partial charge is 0.350 e. The van der Waals surface area contributed by atoms with Crippen LogP contribution in [0.3, 0.4) is 0 Å². The number of esters is 4. The lowest BCUT2D eigenvalue weighted by Crippen LogP contribution is -2.25. The quantitative estimate of drug-likeness (QED) is 0.0533. The summed E-state index contributed by atoms with van der Waals surface area (Å²) in [5, 5.41) is 8.81. The van der Waals surface area contributed by atoms with E-state index < -0.39 is 23.9 Å². The van der Waals surface area contributed by atoms with Gasteiger partial charge in [-0.25, -0.2) is 19.2 Å². The molecule has 0 amide bonds. The molecule has 0 radical (unpaired) electrons. The molecule has 0 bridgehead atoms. The Hall–Kier alpha value is -4.34. The number of hydrogen-bond acceptors (Lipinski definition) is 13. The lowest BCUT2D eigenvalue weighted by atomic mass is 10.1. The van der Waals surface area contributed by atoms with E-state index in [0.29, 0.717) is 19.8 Å². The number of nitrogens with zero attached hydrogens (tertiary/aromatic N) is 2. The predicted octanol–water partition coefficient (Wildman–Crippen LogP) is 3.53. The molecule has 0 N–H and O–H groups in total. The summed E-state index contributed by atoms with van der Waals surface area (Å²) in [5.41, 5.74) is -0.178. The van der Waals surface area contributed by atoms with E-state index in [9.17, 15) is 24.0 Å². The van der Waals surface area contributed by atoms with Crippen LogP contribution in [-0.2, 0) is 52.4 Å². The van der Waals surface area contributed by atoms with Crippen LogP contribution in [0.25, 0.3) is 0 Å². The van der Waals surface area contributed by atoms with Gasteiger partial charge in [0.1, 0.15) is 24.2 Å². The van der Waals surface area contributed by atoms with Gasteiger partial charge in [-0.15, -0.1) is 0 Å². The minimum Gasteiger partial charge on any atom is -0.500 e. The van der Waals surface area contributed by atoms with Crippen molar-refractivity contribution in [2.75, 3.05) is 52.7 Å². The summed E-state index contributed by atoms with van der Waals surface area (Å²) in [6.07, 6.45) is 7.30. The Morgan fingerprint density at radius 3 is 1.40 bits per heavy atom. The second kappa shape index (κ2) is 26.6. The van der Waals surface area contributed by atoms with Crippen molar-refractivity contribution in [3.63, 3.8) is 0 Å². The first-order valence-corrected chi connectivity index (χ1v) is 14.3. The van der Waals surface area contributed by atoms with Gasteiger partial charge in [0.25, 0.3) is 0 Å². The highest BCUT2D eigenvalue weighted by Crippen LogP contribution is 2.11. The van der Waals surface area contributed by atoms with Crippen LogP contribution in [0.4, 0.5) is 0 Å². The van der Waals surface area contributed by atoms with Crippen molar-refractivity contribution in [3.05, 3.63) is 35.4 Å². The van der Waals surface area contributed by atoms with E-state index in [4.69, 9.17) is 19.5 Å². The van der Waals surface area contributed by atoms with Crippen LogP contribution in [-0.4, -0.2) is 87.3 Å². The van der Waals surface area contributed by atoms with Crippen LogP contribution in [0.2, 0.25) is 0 Å². The number of piperidine rings is 1. The zero-order chi connectivity index (χ0) is 33.0. The van der Waals surface area contributed by atoms with E-state index >= 15 is 0 Å². The standard InChI is InChI=1S/C11H16N2O2.C10H16O5.C9H14O4/c1-2-15-11(14)10(8-12)9-13-6-4-3-5-7-13;1-4-13-7-8(9(11)14-5-2)10(12)15-6-3;1-4-12-6-8(7(3)10)9(11)13-5-2/h9H,2-7H2,1H3;7H,4-6H2,1-3H3;6H,4-5H2,1-3H3/b10-9+;;8-6-. The lowest BCUT2D eigenvalue weighted by molar-refractivity contribution is -0.147. The third-order valence-electron chi connectivity index (χ3n) is 4.92. The summed E-state index contributed by atoms with van der Waals surface area (Å²) < 4.78 is 28.5. The van der Waals surface area contributed by atoms with Gasteiger partial charge in [0, 0.05) is 19.3 Å². The summed E-state index contributed by atoms with van der Waals surface area (Å²) in [7, 11) is 0. The molecule has 0 aliphatic carbocycles. The fourth-order valence-corrected chi connectivity index (χ4v) is 2.98. The van der Waals surface area contributed by atoms with Crippen molar-refractivity contribution in [3.8, 4) is 6.07 Å². The van der Waals surface area contributed by atoms with Gasteiger partial charge >= 0.3 is 23.9 Å². The highest BCUT2D eigenvalue weighted by molar-refractivity contribution is 6.16. The molecule has 13 nitrogen and oxygen atoms in total. The zero-order valence-electron chi connectivity index (χ0n) is 26.4. The Morgan fingerprint density at radius 2 is 1.02 bits per heavy atom. The van der Waals surface area contributed by atoms with Gasteiger partial charge in [0.2, 0.25) is 0 Å². The normalized spacial score (nSPS) is 12.4. The fraction of sp³-hybridized carbons (Fsp3) is 0.600. The van der Waals surface area contributed by atoms with Crippen LogP contribution in [0.5, 0.6) is 0 Å². The molecule has 0 aromatic rings. The topological polar surface area (TPSA) is 168 Å². The summed E-state index contributed by atoms with van der Waals surface area (Å²) in [6, 6.07) is 1.88. The maximum Gasteiger partial charge on any atom is 0.350 e. The number of hydrogen-bond donors (Lipinski definition) is 0. The molecule has 0 aromatic carbocycles. The second-order valence-electron chi connectivity index (χ2n) is 8.16. The maximum absolute atomic E-state index is 11.3. The largest absolute Gasteiger partial charge is 0.500 e. The van der Waals surface area contributed by atoms with Crippen molar-refractivity contribution in [2.45, 2.75) is 67.7 Å². The van der Waals surface area contributed by atoms with Gasteiger partial charge in [0.15, 0.2) is 16.9 Å². The molecule has 0 spiro atoms. The van der Waals surface area contributed by atoms with Crippen LogP contribution < -0.4 is 0 Å². The minimum atomic E-state index is -0.732. The van der Waals surface area contributed by atoms with E-state index in [1.165, 1.54) is 13.3 Å². The number of carbonyl (C=O) groups excluding carboxylic acids is 5. The van der Waals surface area contributed by atoms with Crippen LogP contribution in [0.15, 0.2) is 35.4 Å². The maximum atomic E-state index is 11.3. The molecule has 0 atom stereocenters. The Kier molecular flexibility index (Phi) is 25.2. The third kappa shape index (κ3) is 19.4. The molecule has 43 heavy (non-hydrogen) atoms. The molecule has 1 fully saturated rings. The molecule has 13 heteroatoms. The number of rotatable bonds is 14. The molecule has 1 rings (SSSR count). The van der Waals surface area contributed by atoms with Crippen molar-refractivity contribution in [2.24, 2.45) is 0 Å². The van der Waals surface area contributed by atoms with E-state index in [1.54, 1.807) is 47.7 Å². The monoisotopic (exact) mass is 610 g/mol. The van der Waals surface area contributed by atoms with E-state index in [-0.39, 0.29) is 42.3 Å². The van der Waals surface area contributed by atoms with Gasteiger partial charge in [-0.2, -0.15) is 5.26 Å². The summed E-state index contributed by atoms with van der Waals surface area (Å²) in [5.74, 6) is -2.98. The van der Waals surface area contributed by atoms with Crippen molar-refractivity contribution < 1.29 is 52.4 Å². The first-order chi connectivity index (χ1) is 20.6. The average molecular weight is 611 g/mol. The molecule has 0 saturated carbocycles. The first kappa shape index (κ1) is 40.8. The SMILES string of the molecule is CCO/C=C(/C(C)=O)C(=O)OCC.CCOC(=O)/C(C#N)=C/N1CCCCC1.CCOC=C(C(=O)OCC)C(=O)OCC. The van der Waals surface area contributed by atoms with Crippen molar-refractivity contribution in [1.82, 2.24) is 4.90 Å². The Bertz CT molecular complexity index is 984. The number of Topliss-reactive ketones (excluding diaryl/α,β-unsaturated/α-hetero) is 1. The third-order valence-corrected chi connectivity index (χ3v) is 4.92. The fourth-order valence-electron chi connectivity index (χ4n) is 2.98. The average Bonchev–Trinajstić information content (AvgIpc) is 2.98. The highest BCUT2D eigenvalue weighted by Gasteiger charge is 2.21. The van der Waals surface area contributed by atoms with Crippen LogP contribution in [0.1, 0.15) is 67.7 Å². The number of likely N-dealkylation sites (tertiary alicyclic amines) is 1. The highest BCUT2D eigenvalue weighted by atomic mass is 16.6. The van der Waals surface area contributed by atoms with Gasteiger partial charge < -0.3 is 33.3 Å². The summed E-state index contributed by atoms with van der Waals surface area (Å²) in [6.45, 7) is 15.1. The van der Waals surface area contributed by atoms with Gasteiger partial charge in [-0.1, -0.05) is 0 Å². The van der Waals surface area contributed by atoms with Crippen LogP contribution in [0, 0.1) is 11.3 Å². The molecular formula is C30H46N2O11. The Morgan fingerprint density at radius 1 is 0.628 bits per heavy atom. The molecule has 1 heterocycles. The van der Waals surface area contributed by atoms with Gasteiger partial charge in [0.05, 0.1) is 39.6 Å². The van der Waals surface area contributed by atoms with Crippen LogP contribution >= 0.6 is 0 Å². The molecule has 1 saturated heterocycles. The van der Waals surface area contributed by atoms with E-state index in [1.807, 2.05) is 11.0 Å². The molecule has 0 unspecified atom stereocenters. The Balaban J connectivity index is 0. The van der Waals surface area contributed by atoms with Crippen molar-refractivity contribution >= 4 is 29.7 Å². The summed E-state index contributed by atoms with van der Waals surface area (Å²) in [4.78, 5) is 57.9. The van der Waals surface area contributed by atoms with Gasteiger partial charge in [-0.3, -0.25) is 4.79 Å². The van der Waals surface area contributed by atoms with E-state index in [2.05, 4.69) is 14.2 Å². The number of nitriles is 1. The molecule has 1 aliphatic heterocycles. The number of ether oxygens (including phenoxy) is 6. The van der Waals surface area contributed by atoms with Gasteiger partial charge in [-0.05, 0) is 67.7 Å². The summed E-state index contributed by atoms with van der Waals surface area (Å²) >= 11 is 0. The number of ketones is 1. The lowest BCUT2D eigenvalue weighted by Gasteiger charge is -2.24. The molecule has 242 valence electrons. The second-order valence-corrected chi connectivity index (χ2v) is 8.16.